The van der Waals surface area contributed by atoms with E-state index in [-0.39, 0.29) is 0 Å². The van der Waals surface area contributed by atoms with E-state index in [9.17, 15) is 0 Å². The van der Waals surface area contributed by atoms with Gasteiger partial charge in [-0.05, 0) is 54.8 Å². The van der Waals surface area contributed by atoms with E-state index >= 15 is 0 Å². The van der Waals surface area contributed by atoms with Crippen LogP contribution in [0, 0.1) is 6.92 Å². The second-order valence-electron chi connectivity index (χ2n) is 5.13. The van der Waals surface area contributed by atoms with Crippen LogP contribution in [0.1, 0.15) is 29.7 Å². The molecule has 1 atom stereocenters. The molecule has 2 aromatic rings. The molecule has 2 aromatic carbocycles. The van der Waals surface area contributed by atoms with Gasteiger partial charge >= 0.3 is 0 Å². The molecule has 0 bridgehead atoms. The van der Waals surface area contributed by atoms with E-state index in [1.54, 1.807) is 7.11 Å². The van der Waals surface area contributed by atoms with E-state index in [0.717, 1.165) is 23.2 Å². The molecule has 1 unspecified atom stereocenters. The zero-order chi connectivity index (χ0) is 15.2. The number of halogens is 1. The van der Waals surface area contributed by atoms with Gasteiger partial charge in [0.05, 0.1) is 7.11 Å². The summed E-state index contributed by atoms with van der Waals surface area (Å²) in [5.74, 6) is 0.897. The second-order valence-corrected chi connectivity index (χ2v) is 5.98. The molecule has 0 saturated heterocycles. The minimum Gasteiger partial charge on any atom is -0.497 e. The minimum absolute atomic E-state index is 0.305. The Labute approximate surface area is 135 Å². The third-order valence-electron chi connectivity index (χ3n) is 3.69. The zero-order valence-electron chi connectivity index (χ0n) is 12.8. The van der Waals surface area contributed by atoms with Crippen LogP contribution in [0.4, 0.5) is 0 Å². The summed E-state index contributed by atoms with van der Waals surface area (Å²) in [4.78, 5) is 0. The van der Waals surface area contributed by atoms with Crippen molar-refractivity contribution in [3.8, 4) is 5.75 Å². The Hall–Kier alpha value is -1.32. The summed E-state index contributed by atoms with van der Waals surface area (Å²) in [5, 5.41) is 3.59. The number of hydrogen-bond donors (Lipinski definition) is 1. The van der Waals surface area contributed by atoms with E-state index in [1.165, 1.54) is 16.7 Å². The Kier molecular flexibility index (Phi) is 5.83. The van der Waals surface area contributed by atoms with Gasteiger partial charge in [0.2, 0.25) is 0 Å². The average molecular weight is 348 g/mol. The molecular formula is C18H22BrNO. The maximum Gasteiger partial charge on any atom is 0.119 e. The smallest absolute Gasteiger partial charge is 0.119 e. The van der Waals surface area contributed by atoms with Crippen LogP contribution in [0.2, 0.25) is 0 Å². The van der Waals surface area contributed by atoms with Crippen molar-refractivity contribution in [2.45, 2.75) is 26.3 Å². The number of rotatable bonds is 6. The topological polar surface area (TPSA) is 21.3 Å². The normalized spacial score (nSPS) is 12.2. The molecule has 112 valence electrons. The SMILES string of the molecule is CCNC(Cc1cc(OC)ccc1Br)c1ccccc1C. The molecule has 0 amide bonds. The average Bonchev–Trinajstić information content (AvgIpc) is 2.49. The summed E-state index contributed by atoms with van der Waals surface area (Å²) in [6.45, 7) is 5.26. The van der Waals surface area contributed by atoms with Gasteiger partial charge in [-0.3, -0.25) is 0 Å². The number of hydrogen-bond acceptors (Lipinski definition) is 2. The third-order valence-corrected chi connectivity index (χ3v) is 4.46. The summed E-state index contributed by atoms with van der Waals surface area (Å²) < 4.78 is 6.46. The lowest BCUT2D eigenvalue weighted by Gasteiger charge is -2.21. The standard InChI is InChI=1S/C18H22BrNO/c1-4-20-18(16-8-6-5-7-13(16)2)12-14-11-15(21-3)9-10-17(14)19/h5-11,18,20H,4,12H2,1-3H3. The van der Waals surface area contributed by atoms with Crippen LogP contribution in [0.25, 0.3) is 0 Å². The fourth-order valence-electron chi connectivity index (χ4n) is 2.57. The van der Waals surface area contributed by atoms with Crippen LogP contribution in [0.15, 0.2) is 46.9 Å². The lowest BCUT2D eigenvalue weighted by molar-refractivity contribution is 0.413. The highest BCUT2D eigenvalue weighted by Gasteiger charge is 2.15. The minimum atomic E-state index is 0.305. The highest BCUT2D eigenvalue weighted by atomic mass is 79.9. The molecule has 0 aliphatic heterocycles. The van der Waals surface area contributed by atoms with Crippen LogP contribution in [-0.4, -0.2) is 13.7 Å². The lowest BCUT2D eigenvalue weighted by Crippen LogP contribution is -2.23. The van der Waals surface area contributed by atoms with Crippen molar-refractivity contribution in [1.29, 1.82) is 0 Å². The quantitative estimate of drug-likeness (QED) is 0.820. The molecule has 21 heavy (non-hydrogen) atoms. The van der Waals surface area contributed by atoms with Crippen molar-refractivity contribution in [3.05, 3.63) is 63.6 Å². The van der Waals surface area contributed by atoms with Crippen LogP contribution in [0.3, 0.4) is 0 Å². The lowest BCUT2D eigenvalue weighted by atomic mass is 9.95. The van der Waals surface area contributed by atoms with Gasteiger partial charge in [0.25, 0.3) is 0 Å². The fraction of sp³-hybridized carbons (Fsp3) is 0.333. The number of aryl methyl sites for hydroxylation is 1. The monoisotopic (exact) mass is 347 g/mol. The van der Waals surface area contributed by atoms with Crippen molar-refractivity contribution in [1.82, 2.24) is 5.32 Å². The number of methoxy groups -OCH3 is 1. The fourth-order valence-corrected chi connectivity index (χ4v) is 2.98. The van der Waals surface area contributed by atoms with Gasteiger partial charge < -0.3 is 10.1 Å². The predicted octanol–water partition coefficient (Wildman–Crippen LogP) is 4.66. The van der Waals surface area contributed by atoms with Gasteiger partial charge in [0, 0.05) is 10.5 Å². The Bertz CT molecular complexity index is 598. The summed E-state index contributed by atoms with van der Waals surface area (Å²) in [7, 11) is 1.70. The van der Waals surface area contributed by atoms with Gasteiger partial charge in [-0.15, -0.1) is 0 Å². The molecule has 0 aliphatic carbocycles. The first-order valence-corrected chi connectivity index (χ1v) is 8.06. The maximum absolute atomic E-state index is 5.34. The largest absolute Gasteiger partial charge is 0.497 e. The molecule has 2 rings (SSSR count). The van der Waals surface area contributed by atoms with Crippen molar-refractivity contribution in [2.24, 2.45) is 0 Å². The first-order chi connectivity index (χ1) is 10.2. The van der Waals surface area contributed by atoms with E-state index in [2.05, 4.69) is 71.5 Å². The molecule has 2 nitrogen and oxygen atoms in total. The van der Waals surface area contributed by atoms with Crippen LogP contribution >= 0.6 is 15.9 Å². The molecule has 0 saturated carbocycles. The Balaban J connectivity index is 2.30. The van der Waals surface area contributed by atoms with Gasteiger partial charge in [0.15, 0.2) is 0 Å². The van der Waals surface area contributed by atoms with E-state index in [1.807, 2.05) is 6.07 Å². The molecule has 3 heteroatoms. The molecule has 0 aromatic heterocycles. The van der Waals surface area contributed by atoms with Crippen molar-refractivity contribution in [3.63, 3.8) is 0 Å². The van der Waals surface area contributed by atoms with Crippen LogP contribution < -0.4 is 10.1 Å². The molecular weight excluding hydrogens is 326 g/mol. The van der Waals surface area contributed by atoms with Crippen molar-refractivity contribution >= 4 is 15.9 Å². The van der Waals surface area contributed by atoms with E-state index < -0.39 is 0 Å². The third kappa shape index (κ3) is 4.08. The first-order valence-electron chi connectivity index (χ1n) is 7.27. The van der Waals surface area contributed by atoms with Crippen LogP contribution in [-0.2, 0) is 6.42 Å². The van der Waals surface area contributed by atoms with Gasteiger partial charge in [0.1, 0.15) is 5.75 Å². The first kappa shape index (κ1) is 16.1. The number of ether oxygens (including phenoxy) is 1. The summed E-state index contributed by atoms with van der Waals surface area (Å²) >= 11 is 3.65. The Morgan fingerprint density at radius 2 is 1.95 bits per heavy atom. The molecule has 1 N–H and O–H groups in total. The highest BCUT2D eigenvalue weighted by molar-refractivity contribution is 9.10. The maximum atomic E-state index is 5.34. The number of nitrogens with one attached hydrogen (secondary N) is 1. The number of likely N-dealkylation sites (N-methyl/N-ethyl adjacent to an activating group) is 1. The van der Waals surface area contributed by atoms with Gasteiger partial charge in [-0.1, -0.05) is 47.1 Å². The molecule has 0 heterocycles. The van der Waals surface area contributed by atoms with E-state index in [0.29, 0.717) is 6.04 Å². The van der Waals surface area contributed by atoms with Gasteiger partial charge in [-0.25, -0.2) is 0 Å². The Morgan fingerprint density at radius 3 is 2.62 bits per heavy atom. The molecule has 0 radical (unpaired) electrons. The van der Waals surface area contributed by atoms with Crippen molar-refractivity contribution in [2.75, 3.05) is 13.7 Å². The van der Waals surface area contributed by atoms with Crippen LogP contribution in [0.5, 0.6) is 5.75 Å². The summed E-state index contributed by atoms with van der Waals surface area (Å²) in [6, 6.07) is 15.0. The zero-order valence-corrected chi connectivity index (χ0v) is 14.4. The predicted molar refractivity (Wildman–Crippen MR) is 92.0 cm³/mol. The number of benzene rings is 2. The second kappa shape index (κ2) is 7.62. The van der Waals surface area contributed by atoms with Gasteiger partial charge in [-0.2, -0.15) is 0 Å². The summed E-state index contributed by atoms with van der Waals surface area (Å²) in [6.07, 6.45) is 0.927. The van der Waals surface area contributed by atoms with E-state index in [4.69, 9.17) is 4.74 Å². The molecule has 0 aliphatic rings. The summed E-state index contributed by atoms with van der Waals surface area (Å²) in [5.41, 5.74) is 3.93. The highest BCUT2D eigenvalue weighted by Crippen LogP contribution is 2.28. The molecule has 0 spiro atoms. The molecule has 0 fully saturated rings. The van der Waals surface area contributed by atoms with Crippen molar-refractivity contribution < 1.29 is 4.74 Å². The Morgan fingerprint density at radius 1 is 1.19 bits per heavy atom.